The molecule has 1 unspecified atom stereocenters. The van der Waals surface area contributed by atoms with Crippen LogP contribution in [0.5, 0.6) is 0 Å². The normalized spacial score (nSPS) is 11.6. The van der Waals surface area contributed by atoms with Gasteiger partial charge in [-0.25, -0.2) is 0 Å². The minimum absolute atomic E-state index is 0.0340. The summed E-state index contributed by atoms with van der Waals surface area (Å²) in [6, 6.07) is 18.6. The molecule has 2 aromatic carbocycles. The first-order valence-corrected chi connectivity index (χ1v) is 5.82. The van der Waals surface area contributed by atoms with Gasteiger partial charge in [-0.3, -0.25) is 4.79 Å². The molecule has 0 heterocycles. The molecule has 2 rings (SSSR count). The van der Waals surface area contributed by atoms with E-state index < -0.39 is 0 Å². The maximum atomic E-state index is 12.4. The van der Waals surface area contributed by atoms with Gasteiger partial charge in [0.05, 0.1) is 12.0 Å². The summed E-state index contributed by atoms with van der Waals surface area (Å²) in [5.74, 6) is -0.317. The van der Waals surface area contributed by atoms with E-state index in [4.69, 9.17) is 5.26 Å². The summed E-state index contributed by atoms with van der Waals surface area (Å²) in [7, 11) is 0. The van der Waals surface area contributed by atoms with Gasteiger partial charge in [0.2, 0.25) is 0 Å². The maximum Gasteiger partial charge on any atom is 0.193 e. The lowest BCUT2D eigenvalue weighted by Crippen LogP contribution is -2.06. The number of nitrogens with zero attached hydrogens (tertiary/aromatic N) is 1. The number of hydrogen-bond donors (Lipinski definition) is 0. The molecule has 0 aliphatic carbocycles. The zero-order valence-electron chi connectivity index (χ0n) is 10.1. The minimum atomic E-state index is -0.283. The Morgan fingerprint density at radius 3 is 2.33 bits per heavy atom. The molecule has 0 fully saturated rings. The van der Waals surface area contributed by atoms with E-state index in [1.807, 2.05) is 36.4 Å². The van der Waals surface area contributed by atoms with Crippen LogP contribution in [-0.2, 0) is 0 Å². The molecule has 88 valence electrons. The van der Waals surface area contributed by atoms with Gasteiger partial charge in [-0.1, -0.05) is 54.6 Å². The summed E-state index contributed by atoms with van der Waals surface area (Å²) in [6.07, 6.45) is 0. The van der Waals surface area contributed by atoms with Gasteiger partial charge in [-0.15, -0.1) is 0 Å². The Bertz CT molecular complexity index is 596. The Hall–Kier alpha value is -2.40. The summed E-state index contributed by atoms with van der Waals surface area (Å²) < 4.78 is 0. The Morgan fingerprint density at radius 1 is 1.06 bits per heavy atom. The first kappa shape index (κ1) is 12.1. The minimum Gasteiger partial charge on any atom is -0.289 e. The first-order valence-electron chi connectivity index (χ1n) is 5.82. The zero-order chi connectivity index (χ0) is 13.0. The van der Waals surface area contributed by atoms with Crippen LogP contribution in [0, 0.1) is 11.3 Å². The van der Waals surface area contributed by atoms with Crippen molar-refractivity contribution in [3.8, 4) is 6.07 Å². The predicted octanol–water partition coefficient (Wildman–Crippen LogP) is 3.54. The molecular formula is C16H13NO. The number of carbonyl (C=O) groups is 1. The van der Waals surface area contributed by atoms with Crippen molar-refractivity contribution >= 4 is 5.78 Å². The van der Waals surface area contributed by atoms with Gasteiger partial charge in [0, 0.05) is 11.1 Å². The van der Waals surface area contributed by atoms with Gasteiger partial charge < -0.3 is 0 Å². The fourth-order valence-corrected chi connectivity index (χ4v) is 1.90. The van der Waals surface area contributed by atoms with Crippen molar-refractivity contribution in [1.29, 1.82) is 5.26 Å². The van der Waals surface area contributed by atoms with Gasteiger partial charge in [0.1, 0.15) is 0 Å². The molecule has 0 saturated carbocycles. The highest BCUT2D eigenvalue weighted by atomic mass is 16.1. The molecule has 0 aliphatic rings. The van der Waals surface area contributed by atoms with Gasteiger partial charge >= 0.3 is 0 Å². The second-order valence-corrected chi connectivity index (χ2v) is 4.13. The van der Waals surface area contributed by atoms with Crippen LogP contribution >= 0.6 is 0 Å². The van der Waals surface area contributed by atoms with E-state index in [2.05, 4.69) is 6.07 Å². The molecule has 1 atom stereocenters. The molecule has 2 heteroatoms. The van der Waals surface area contributed by atoms with Crippen LogP contribution in [0.4, 0.5) is 0 Å². The third kappa shape index (κ3) is 2.31. The lowest BCUT2D eigenvalue weighted by atomic mass is 9.92. The van der Waals surface area contributed by atoms with Crippen molar-refractivity contribution in [2.24, 2.45) is 0 Å². The molecule has 0 aliphatic heterocycles. The largest absolute Gasteiger partial charge is 0.289 e. The van der Waals surface area contributed by atoms with Gasteiger partial charge in [-0.05, 0) is 12.5 Å². The fraction of sp³-hybridized carbons (Fsp3) is 0.125. The number of rotatable bonds is 3. The lowest BCUT2D eigenvalue weighted by molar-refractivity contribution is 0.103. The monoisotopic (exact) mass is 235 g/mol. The highest BCUT2D eigenvalue weighted by Crippen LogP contribution is 2.21. The third-order valence-electron chi connectivity index (χ3n) is 2.90. The average molecular weight is 235 g/mol. The topological polar surface area (TPSA) is 40.9 Å². The summed E-state index contributed by atoms with van der Waals surface area (Å²) in [5.41, 5.74) is 2.04. The fourth-order valence-electron chi connectivity index (χ4n) is 1.90. The molecule has 0 spiro atoms. The molecule has 0 saturated heterocycles. The molecule has 2 nitrogen and oxygen atoms in total. The second-order valence-electron chi connectivity index (χ2n) is 4.13. The Morgan fingerprint density at radius 2 is 1.67 bits per heavy atom. The van der Waals surface area contributed by atoms with Crippen molar-refractivity contribution in [3.05, 3.63) is 71.3 Å². The first-order chi connectivity index (χ1) is 8.74. The molecular weight excluding hydrogens is 222 g/mol. The summed E-state index contributed by atoms with van der Waals surface area (Å²) >= 11 is 0. The lowest BCUT2D eigenvalue weighted by Gasteiger charge is -2.09. The SMILES string of the molecule is CC(C#N)c1ccccc1C(=O)c1ccccc1. The predicted molar refractivity (Wildman–Crippen MR) is 70.3 cm³/mol. The quantitative estimate of drug-likeness (QED) is 0.763. The molecule has 0 N–H and O–H groups in total. The summed E-state index contributed by atoms with van der Waals surface area (Å²) in [4.78, 5) is 12.4. The molecule has 18 heavy (non-hydrogen) atoms. The highest BCUT2D eigenvalue weighted by Gasteiger charge is 2.16. The van der Waals surface area contributed by atoms with E-state index >= 15 is 0 Å². The summed E-state index contributed by atoms with van der Waals surface area (Å²) in [6.45, 7) is 1.80. The van der Waals surface area contributed by atoms with Crippen molar-refractivity contribution in [1.82, 2.24) is 0 Å². The van der Waals surface area contributed by atoms with Crippen LogP contribution in [0.1, 0.15) is 34.3 Å². The molecule has 0 radical (unpaired) electrons. The van der Waals surface area contributed by atoms with Crippen LogP contribution in [0.15, 0.2) is 54.6 Å². The highest BCUT2D eigenvalue weighted by molar-refractivity contribution is 6.10. The van der Waals surface area contributed by atoms with E-state index in [0.717, 1.165) is 5.56 Å². The van der Waals surface area contributed by atoms with Crippen LogP contribution in [-0.4, -0.2) is 5.78 Å². The number of carbonyl (C=O) groups excluding carboxylic acids is 1. The van der Waals surface area contributed by atoms with E-state index in [-0.39, 0.29) is 11.7 Å². The van der Waals surface area contributed by atoms with E-state index in [9.17, 15) is 4.79 Å². The van der Waals surface area contributed by atoms with Gasteiger partial charge in [0.15, 0.2) is 5.78 Å². The van der Waals surface area contributed by atoms with E-state index in [0.29, 0.717) is 11.1 Å². The Labute approximate surface area is 107 Å². The molecule has 2 aromatic rings. The Balaban J connectivity index is 2.47. The number of benzene rings is 2. The van der Waals surface area contributed by atoms with Gasteiger partial charge in [-0.2, -0.15) is 5.26 Å². The van der Waals surface area contributed by atoms with Gasteiger partial charge in [0.25, 0.3) is 0 Å². The average Bonchev–Trinajstić information content (AvgIpc) is 2.46. The van der Waals surface area contributed by atoms with Crippen molar-refractivity contribution in [3.63, 3.8) is 0 Å². The number of nitriles is 1. The third-order valence-corrected chi connectivity index (χ3v) is 2.90. The Kier molecular flexibility index (Phi) is 3.54. The van der Waals surface area contributed by atoms with Crippen molar-refractivity contribution < 1.29 is 4.79 Å². The van der Waals surface area contributed by atoms with Crippen LogP contribution in [0.3, 0.4) is 0 Å². The number of hydrogen-bond acceptors (Lipinski definition) is 2. The standard InChI is InChI=1S/C16H13NO/c1-12(11-17)14-9-5-6-10-15(14)16(18)13-7-3-2-4-8-13/h2-10,12H,1H3. The second kappa shape index (κ2) is 5.29. The van der Waals surface area contributed by atoms with Crippen molar-refractivity contribution in [2.45, 2.75) is 12.8 Å². The molecule has 0 bridgehead atoms. The number of ketones is 1. The smallest absolute Gasteiger partial charge is 0.193 e. The van der Waals surface area contributed by atoms with Crippen molar-refractivity contribution in [2.75, 3.05) is 0 Å². The molecule has 0 aromatic heterocycles. The molecule has 0 amide bonds. The maximum absolute atomic E-state index is 12.4. The van der Waals surface area contributed by atoms with Crippen LogP contribution in [0.25, 0.3) is 0 Å². The zero-order valence-corrected chi connectivity index (χ0v) is 10.1. The van der Waals surface area contributed by atoms with E-state index in [1.54, 1.807) is 25.1 Å². The van der Waals surface area contributed by atoms with Crippen LogP contribution < -0.4 is 0 Å². The van der Waals surface area contributed by atoms with E-state index in [1.165, 1.54) is 0 Å². The van der Waals surface area contributed by atoms with Crippen LogP contribution in [0.2, 0.25) is 0 Å². The summed E-state index contributed by atoms with van der Waals surface area (Å²) in [5, 5.41) is 9.00.